The first-order valence-electron chi connectivity index (χ1n) is 15.3. The Balaban J connectivity index is 1.36. The Kier molecular flexibility index (Phi) is 8.48. The number of piperazine rings is 1. The number of hydrogen-bond acceptors (Lipinski definition) is 5. The number of hydrogen-bond donors (Lipinski definition) is 0. The highest BCUT2D eigenvalue weighted by Crippen LogP contribution is 2.40. The van der Waals surface area contributed by atoms with E-state index in [4.69, 9.17) is 17.0 Å². The molecule has 2 fully saturated rings. The Morgan fingerprint density at radius 2 is 1.83 bits per heavy atom. The molecule has 46 heavy (non-hydrogen) atoms. The van der Waals surface area contributed by atoms with Crippen molar-refractivity contribution in [3.63, 3.8) is 0 Å². The maximum atomic E-state index is 14.6. The number of aromatic nitrogens is 2. The van der Waals surface area contributed by atoms with E-state index in [9.17, 15) is 14.0 Å². The van der Waals surface area contributed by atoms with Gasteiger partial charge in [0.1, 0.15) is 12.4 Å². The molecule has 2 unspecified atom stereocenters. The molecule has 2 aliphatic heterocycles. The van der Waals surface area contributed by atoms with Crippen molar-refractivity contribution < 1.29 is 18.7 Å². The van der Waals surface area contributed by atoms with E-state index in [1.807, 2.05) is 98.0 Å². The molecule has 0 bridgehead atoms. The molecule has 0 N–H and O–H groups in total. The number of ether oxygens (including phenoxy) is 1. The third-order valence-electron chi connectivity index (χ3n) is 8.88. The van der Waals surface area contributed by atoms with Crippen LogP contribution in [0.5, 0.6) is 0 Å². The molecule has 0 radical (unpaired) electrons. The summed E-state index contributed by atoms with van der Waals surface area (Å²) in [5.41, 5.74) is 4.99. The van der Waals surface area contributed by atoms with E-state index < -0.39 is 17.7 Å². The third-order valence-corrected chi connectivity index (χ3v) is 9.30. The van der Waals surface area contributed by atoms with E-state index in [2.05, 4.69) is 4.98 Å². The van der Waals surface area contributed by atoms with Crippen LogP contribution in [0.3, 0.4) is 0 Å². The molecular formula is C36H36FN5O3S. The summed E-state index contributed by atoms with van der Waals surface area (Å²) in [5, 5.41) is 0.376. The first-order valence-corrected chi connectivity index (χ1v) is 15.7. The average molecular weight is 638 g/mol. The van der Waals surface area contributed by atoms with Crippen LogP contribution < -0.4 is 0 Å². The molecule has 10 heteroatoms. The van der Waals surface area contributed by atoms with E-state index in [1.54, 1.807) is 28.3 Å². The van der Waals surface area contributed by atoms with Crippen molar-refractivity contribution >= 4 is 35.4 Å². The highest BCUT2D eigenvalue weighted by atomic mass is 32.1. The van der Waals surface area contributed by atoms with Gasteiger partial charge < -0.3 is 19.1 Å². The lowest BCUT2D eigenvalue weighted by atomic mass is 9.82. The third kappa shape index (κ3) is 5.92. The van der Waals surface area contributed by atoms with Crippen LogP contribution in [-0.4, -0.2) is 66.5 Å². The van der Waals surface area contributed by atoms with E-state index in [-0.39, 0.29) is 24.9 Å². The molecule has 2 aliphatic rings. The van der Waals surface area contributed by atoms with Gasteiger partial charge in [-0.15, -0.1) is 0 Å². The summed E-state index contributed by atoms with van der Waals surface area (Å²) in [7, 11) is 0. The molecule has 1 aromatic heterocycles. The number of nitrogens with zero attached hydrogens (tertiary/aromatic N) is 5. The molecule has 8 nitrogen and oxygen atoms in total. The minimum atomic E-state index is -0.925. The largest absolute Gasteiger partial charge is 0.445 e. The topological polar surface area (TPSA) is 70.9 Å². The van der Waals surface area contributed by atoms with Gasteiger partial charge in [-0.25, -0.2) is 14.2 Å². The van der Waals surface area contributed by atoms with Crippen molar-refractivity contribution in [2.75, 3.05) is 19.6 Å². The summed E-state index contributed by atoms with van der Waals surface area (Å²) in [6.07, 6.45) is 5.20. The van der Waals surface area contributed by atoms with E-state index >= 15 is 0 Å². The van der Waals surface area contributed by atoms with Crippen LogP contribution in [0.25, 0.3) is 11.8 Å². The molecule has 3 aromatic carbocycles. The van der Waals surface area contributed by atoms with Gasteiger partial charge in [-0.3, -0.25) is 9.69 Å². The number of aryl methyl sites for hydroxylation is 2. The molecule has 3 heterocycles. The van der Waals surface area contributed by atoms with Gasteiger partial charge in [0.05, 0.1) is 30.1 Å². The zero-order valence-electron chi connectivity index (χ0n) is 26.3. The van der Waals surface area contributed by atoms with E-state index in [1.165, 1.54) is 12.1 Å². The Hall–Kier alpha value is -4.83. The Bertz CT molecular complexity index is 1820. The maximum Gasteiger partial charge on any atom is 0.410 e. The summed E-state index contributed by atoms with van der Waals surface area (Å²) in [6.45, 7) is 8.96. The number of carbonyl (C=O) groups is 2. The van der Waals surface area contributed by atoms with Crippen LogP contribution in [0.1, 0.15) is 47.8 Å². The van der Waals surface area contributed by atoms with Crippen LogP contribution in [0.2, 0.25) is 0 Å². The molecular weight excluding hydrogens is 601 g/mol. The van der Waals surface area contributed by atoms with Crippen LogP contribution in [0.4, 0.5) is 9.18 Å². The number of carbonyl (C=O) groups excluding carboxylic acids is 2. The van der Waals surface area contributed by atoms with Gasteiger partial charge in [-0.05, 0) is 92.5 Å². The number of thiocarbonyl (C=S) groups is 1. The number of fused-ring (bicyclic) bond motifs is 1. The summed E-state index contributed by atoms with van der Waals surface area (Å²) in [5.74, 6) is -0.608. The van der Waals surface area contributed by atoms with Crippen LogP contribution in [-0.2, 0) is 16.1 Å². The summed E-state index contributed by atoms with van der Waals surface area (Å²) in [6, 6.07) is 21.2. The lowest BCUT2D eigenvalue weighted by Gasteiger charge is -2.56. The SMILES string of the molecule is Cc1cn(-c2ccc(/C=C3/C(=O)N(C(C)c4ccc(F)cc4)C(=S)N4CCN(C(=O)OCc5ccccc5)CC34C)cc2C)cn1. The highest BCUT2D eigenvalue weighted by molar-refractivity contribution is 7.80. The van der Waals surface area contributed by atoms with Gasteiger partial charge in [0.25, 0.3) is 5.91 Å². The van der Waals surface area contributed by atoms with Crippen molar-refractivity contribution in [2.45, 2.75) is 45.9 Å². The number of rotatable bonds is 6. The summed E-state index contributed by atoms with van der Waals surface area (Å²) < 4.78 is 21.4. The second kappa shape index (κ2) is 12.5. The molecule has 4 aromatic rings. The smallest absolute Gasteiger partial charge is 0.410 e. The summed E-state index contributed by atoms with van der Waals surface area (Å²) in [4.78, 5) is 37.5. The minimum absolute atomic E-state index is 0.154. The lowest BCUT2D eigenvalue weighted by Crippen LogP contribution is -2.71. The monoisotopic (exact) mass is 637 g/mol. The summed E-state index contributed by atoms with van der Waals surface area (Å²) >= 11 is 5.99. The molecule has 2 atom stereocenters. The Morgan fingerprint density at radius 3 is 2.50 bits per heavy atom. The van der Waals surface area contributed by atoms with Gasteiger partial charge in [0, 0.05) is 30.5 Å². The van der Waals surface area contributed by atoms with Gasteiger partial charge in [0.2, 0.25) is 0 Å². The first-order chi connectivity index (χ1) is 22.0. The standard InChI is InChI=1S/C36H36FN5O3S/c1-24-18-28(10-15-32(24)40-20-25(2)38-23-40)19-31-33(43)42(26(3)29-11-13-30(37)14-12-29)34(46)41-17-16-39(22-36(31,41)4)35(44)45-21-27-8-6-5-7-9-27/h5-15,18-20,23,26H,16-17,21-22H2,1-4H3/b31-19-. The fraction of sp³-hybridized carbons (Fsp3) is 0.278. The van der Waals surface area contributed by atoms with Crippen molar-refractivity contribution in [2.24, 2.45) is 0 Å². The quantitative estimate of drug-likeness (QED) is 0.175. The molecule has 2 saturated heterocycles. The predicted octanol–water partition coefficient (Wildman–Crippen LogP) is 6.61. The first kappa shape index (κ1) is 31.2. The number of amides is 2. The number of imidazole rings is 1. The average Bonchev–Trinajstić information content (AvgIpc) is 3.48. The molecule has 0 spiro atoms. The van der Waals surface area contributed by atoms with Gasteiger partial charge in [0.15, 0.2) is 5.11 Å². The van der Waals surface area contributed by atoms with E-state index in [0.29, 0.717) is 23.8 Å². The van der Waals surface area contributed by atoms with Gasteiger partial charge in [-0.2, -0.15) is 0 Å². The van der Waals surface area contributed by atoms with E-state index in [0.717, 1.165) is 33.6 Å². The predicted molar refractivity (Wildman–Crippen MR) is 179 cm³/mol. The van der Waals surface area contributed by atoms with Gasteiger partial charge in [-0.1, -0.05) is 48.5 Å². The Morgan fingerprint density at radius 1 is 1.09 bits per heavy atom. The number of benzene rings is 3. The fourth-order valence-electron chi connectivity index (χ4n) is 6.31. The van der Waals surface area contributed by atoms with Crippen molar-refractivity contribution in [1.29, 1.82) is 0 Å². The van der Waals surface area contributed by atoms with Crippen LogP contribution in [0, 0.1) is 19.7 Å². The molecule has 0 aliphatic carbocycles. The fourth-order valence-corrected chi connectivity index (χ4v) is 6.85. The van der Waals surface area contributed by atoms with Gasteiger partial charge >= 0.3 is 6.09 Å². The molecule has 2 amide bonds. The van der Waals surface area contributed by atoms with Crippen LogP contribution in [0.15, 0.2) is 90.9 Å². The van der Waals surface area contributed by atoms with Crippen molar-refractivity contribution in [3.8, 4) is 5.69 Å². The van der Waals surface area contributed by atoms with Crippen molar-refractivity contribution in [1.82, 2.24) is 24.3 Å². The normalized spacial score (nSPS) is 19.8. The second-order valence-electron chi connectivity index (χ2n) is 12.1. The maximum absolute atomic E-state index is 14.6. The second-order valence-corrected chi connectivity index (χ2v) is 12.5. The molecule has 0 saturated carbocycles. The minimum Gasteiger partial charge on any atom is -0.445 e. The molecule has 236 valence electrons. The zero-order chi connectivity index (χ0) is 32.6. The Labute approximate surface area is 273 Å². The number of halogens is 1. The highest BCUT2D eigenvalue weighted by Gasteiger charge is 2.53. The molecule has 6 rings (SSSR count). The lowest BCUT2D eigenvalue weighted by molar-refractivity contribution is -0.129. The van der Waals surface area contributed by atoms with Crippen molar-refractivity contribution in [3.05, 3.63) is 125 Å². The van der Waals surface area contributed by atoms with Crippen LogP contribution >= 0.6 is 12.2 Å². The zero-order valence-corrected chi connectivity index (χ0v) is 27.1.